The molecule has 0 radical (unpaired) electrons. The molecule has 0 saturated heterocycles. The molecule has 1 unspecified atom stereocenters. The molecule has 4 aromatic rings. The molecule has 4 aromatic carbocycles. The molecule has 35 heavy (non-hydrogen) atoms. The van der Waals surface area contributed by atoms with Crippen LogP contribution in [0.15, 0.2) is 96.1 Å². The third kappa shape index (κ3) is 5.72. The summed E-state index contributed by atoms with van der Waals surface area (Å²) in [5.74, 6) is -0.518. The Labute approximate surface area is 202 Å². The molecule has 1 atom stereocenters. The van der Waals surface area contributed by atoms with Gasteiger partial charge in [-0.25, -0.2) is 10.2 Å². The highest BCUT2D eigenvalue weighted by Crippen LogP contribution is 2.30. The van der Waals surface area contributed by atoms with Crippen LogP contribution in [0.25, 0.3) is 10.8 Å². The largest absolute Gasteiger partial charge is 0.490 e. The molecule has 0 aliphatic carbocycles. The Bertz CT molecular complexity index is 1360. The van der Waals surface area contributed by atoms with Crippen LogP contribution in [0.4, 0.5) is 0 Å². The van der Waals surface area contributed by atoms with Gasteiger partial charge in [0, 0.05) is 0 Å². The topological polar surface area (TPSA) is 97.2 Å². The van der Waals surface area contributed by atoms with Crippen LogP contribution in [-0.4, -0.2) is 29.8 Å². The first-order valence-corrected chi connectivity index (χ1v) is 11.1. The maximum absolute atomic E-state index is 12.9. The van der Waals surface area contributed by atoms with Gasteiger partial charge >= 0.3 is 5.97 Å². The van der Waals surface area contributed by atoms with Gasteiger partial charge in [0.05, 0.1) is 18.4 Å². The summed E-state index contributed by atoms with van der Waals surface area (Å²) < 4.78 is 11.3. The molecule has 2 N–H and O–H groups in total. The Hall–Kier alpha value is -4.49. The van der Waals surface area contributed by atoms with Crippen molar-refractivity contribution < 1.29 is 24.2 Å². The molecule has 0 aromatic heterocycles. The summed E-state index contributed by atoms with van der Waals surface area (Å²) in [7, 11) is 0. The first-order valence-electron chi connectivity index (χ1n) is 11.1. The maximum Gasteiger partial charge on any atom is 0.344 e. The SMILES string of the molecule is CCOc1cc(C=NNC(=O)C(O)c2ccccc2)ccc1OC(=O)c1cccc2ccccc12. The molecule has 0 fully saturated rings. The number of fused-ring (bicyclic) bond motifs is 1. The molecular formula is C28H24N2O5. The van der Waals surface area contributed by atoms with Crippen LogP contribution in [0.5, 0.6) is 11.5 Å². The van der Waals surface area contributed by atoms with Crippen molar-refractivity contribution in [1.82, 2.24) is 5.43 Å². The van der Waals surface area contributed by atoms with Gasteiger partial charge in [-0.05, 0) is 53.1 Å². The van der Waals surface area contributed by atoms with Crippen LogP contribution in [0.1, 0.15) is 34.5 Å². The van der Waals surface area contributed by atoms with Crippen molar-refractivity contribution in [1.29, 1.82) is 0 Å². The lowest BCUT2D eigenvalue weighted by molar-refractivity contribution is -0.129. The van der Waals surface area contributed by atoms with Crippen molar-refractivity contribution in [3.05, 3.63) is 108 Å². The van der Waals surface area contributed by atoms with E-state index in [4.69, 9.17) is 9.47 Å². The third-order valence-electron chi connectivity index (χ3n) is 5.23. The summed E-state index contributed by atoms with van der Waals surface area (Å²) in [4.78, 5) is 25.1. The number of carbonyl (C=O) groups is 2. The van der Waals surface area contributed by atoms with E-state index < -0.39 is 18.0 Å². The monoisotopic (exact) mass is 468 g/mol. The average molecular weight is 469 g/mol. The zero-order valence-corrected chi connectivity index (χ0v) is 19.0. The number of amides is 1. The second-order valence-corrected chi connectivity index (χ2v) is 7.60. The number of benzene rings is 4. The summed E-state index contributed by atoms with van der Waals surface area (Å²) in [6.45, 7) is 2.18. The van der Waals surface area contributed by atoms with Crippen molar-refractivity contribution in [3.8, 4) is 11.5 Å². The van der Waals surface area contributed by atoms with Gasteiger partial charge in [-0.2, -0.15) is 5.10 Å². The summed E-state index contributed by atoms with van der Waals surface area (Å²) in [6.07, 6.45) is 0.0808. The predicted molar refractivity (Wildman–Crippen MR) is 134 cm³/mol. The zero-order valence-electron chi connectivity index (χ0n) is 19.0. The molecule has 0 heterocycles. The van der Waals surface area contributed by atoms with Crippen molar-refractivity contribution >= 4 is 28.9 Å². The van der Waals surface area contributed by atoms with E-state index in [9.17, 15) is 14.7 Å². The fourth-order valence-electron chi connectivity index (χ4n) is 3.53. The Kier molecular flexibility index (Phi) is 7.50. The van der Waals surface area contributed by atoms with E-state index in [-0.39, 0.29) is 5.75 Å². The van der Waals surface area contributed by atoms with Crippen LogP contribution in [0.2, 0.25) is 0 Å². The van der Waals surface area contributed by atoms with Gasteiger partial charge in [-0.3, -0.25) is 4.79 Å². The quantitative estimate of drug-likeness (QED) is 0.170. The number of aliphatic hydroxyl groups excluding tert-OH is 1. The molecule has 0 aliphatic rings. The van der Waals surface area contributed by atoms with Gasteiger partial charge in [0.2, 0.25) is 0 Å². The van der Waals surface area contributed by atoms with E-state index in [1.807, 2.05) is 43.3 Å². The number of hydrazone groups is 1. The van der Waals surface area contributed by atoms with Crippen LogP contribution >= 0.6 is 0 Å². The number of hydrogen-bond donors (Lipinski definition) is 2. The van der Waals surface area contributed by atoms with Crippen molar-refractivity contribution in [2.24, 2.45) is 5.10 Å². The fraction of sp³-hybridized carbons (Fsp3) is 0.107. The second kappa shape index (κ2) is 11.1. The fourth-order valence-corrected chi connectivity index (χ4v) is 3.53. The van der Waals surface area contributed by atoms with Gasteiger partial charge in [-0.1, -0.05) is 66.7 Å². The Morgan fingerprint density at radius 2 is 1.69 bits per heavy atom. The van der Waals surface area contributed by atoms with Crippen molar-refractivity contribution in [2.45, 2.75) is 13.0 Å². The molecule has 0 spiro atoms. The summed E-state index contributed by atoms with van der Waals surface area (Å²) in [6, 6.07) is 26.6. The Morgan fingerprint density at radius 1 is 0.943 bits per heavy atom. The van der Waals surface area contributed by atoms with E-state index in [0.717, 1.165) is 10.8 Å². The van der Waals surface area contributed by atoms with E-state index in [2.05, 4.69) is 10.5 Å². The highest BCUT2D eigenvalue weighted by Gasteiger charge is 2.17. The van der Waals surface area contributed by atoms with Crippen LogP contribution < -0.4 is 14.9 Å². The normalized spacial score (nSPS) is 11.8. The summed E-state index contributed by atoms with van der Waals surface area (Å²) in [5, 5.41) is 15.8. The molecule has 7 heteroatoms. The zero-order chi connectivity index (χ0) is 24.6. The summed E-state index contributed by atoms with van der Waals surface area (Å²) in [5.41, 5.74) is 3.85. The molecule has 0 bridgehead atoms. The van der Waals surface area contributed by atoms with Crippen LogP contribution in [-0.2, 0) is 4.79 Å². The number of rotatable bonds is 8. The first-order chi connectivity index (χ1) is 17.1. The summed E-state index contributed by atoms with van der Waals surface area (Å²) >= 11 is 0. The molecule has 0 saturated carbocycles. The Morgan fingerprint density at radius 3 is 2.49 bits per heavy atom. The predicted octanol–water partition coefficient (Wildman–Crippen LogP) is 4.64. The van der Waals surface area contributed by atoms with Crippen LogP contribution in [0, 0.1) is 0 Å². The standard InChI is InChI=1S/C28H24N2O5/c1-2-34-25-17-19(18-29-30-27(32)26(31)21-10-4-3-5-11-21)15-16-24(25)35-28(33)23-14-8-12-20-9-6-7-13-22(20)23/h3-18,26,31H,2H2,1H3,(H,30,32). The minimum atomic E-state index is -1.33. The lowest BCUT2D eigenvalue weighted by atomic mass is 10.0. The Balaban J connectivity index is 1.47. The van der Waals surface area contributed by atoms with Gasteiger partial charge in [0.15, 0.2) is 17.6 Å². The van der Waals surface area contributed by atoms with Gasteiger partial charge in [-0.15, -0.1) is 0 Å². The number of hydrogen-bond acceptors (Lipinski definition) is 6. The minimum Gasteiger partial charge on any atom is -0.490 e. The number of ether oxygens (including phenoxy) is 2. The number of carbonyl (C=O) groups excluding carboxylic acids is 2. The highest BCUT2D eigenvalue weighted by atomic mass is 16.6. The van der Waals surface area contributed by atoms with Gasteiger partial charge in [0.25, 0.3) is 5.91 Å². The lowest BCUT2D eigenvalue weighted by Gasteiger charge is -2.12. The molecular weight excluding hydrogens is 444 g/mol. The van der Waals surface area contributed by atoms with Gasteiger partial charge in [0.1, 0.15) is 0 Å². The molecule has 176 valence electrons. The molecule has 7 nitrogen and oxygen atoms in total. The molecule has 4 rings (SSSR count). The van der Waals surface area contributed by atoms with E-state index >= 15 is 0 Å². The van der Waals surface area contributed by atoms with E-state index in [0.29, 0.717) is 29.0 Å². The number of esters is 1. The minimum absolute atomic E-state index is 0.269. The number of aliphatic hydroxyl groups is 1. The number of nitrogens with zero attached hydrogens (tertiary/aromatic N) is 1. The third-order valence-corrected chi connectivity index (χ3v) is 5.23. The lowest BCUT2D eigenvalue weighted by Crippen LogP contribution is -2.25. The number of nitrogens with one attached hydrogen (secondary N) is 1. The molecule has 1 amide bonds. The van der Waals surface area contributed by atoms with Crippen LogP contribution in [0.3, 0.4) is 0 Å². The first kappa shape index (κ1) is 23.7. The highest BCUT2D eigenvalue weighted by molar-refractivity contribution is 6.05. The smallest absolute Gasteiger partial charge is 0.344 e. The second-order valence-electron chi connectivity index (χ2n) is 7.60. The maximum atomic E-state index is 12.9. The van der Waals surface area contributed by atoms with Gasteiger partial charge < -0.3 is 14.6 Å². The average Bonchev–Trinajstić information content (AvgIpc) is 2.89. The van der Waals surface area contributed by atoms with E-state index in [1.165, 1.54) is 6.21 Å². The van der Waals surface area contributed by atoms with Crippen molar-refractivity contribution in [3.63, 3.8) is 0 Å². The molecule has 0 aliphatic heterocycles. The van der Waals surface area contributed by atoms with Crippen molar-refractivity contribution in [2.75, 3.05) is 6.61 Å². The van der Waals surface area contributed by atoms with E-state index in [1.54, 1.807) is 54.6 Å².